The maximum absolute atomic E-state index is 12.7. The van der Waals surface area contributed by atoms with Crippen LogP contribution >= 0.6 is 11.3 Å². The zero-order valence-corrected chi connectivity index (χ0v) is 17.4. The Kier molecular flexibility index (Phi) is 7.47. The van der Waals surface area contributed by atoms with E-state index in [0.29, 0.717) is 16.6 Å². The Morgan fingerprint density at radius 2 is 1.70 bits per heavy atom. The van der Waals surface area contributed by atoms with Gasteiger partial charge in [0.15, 0.2) is 0 Å². The average Bonchev–Trinajstić information content (AvgIpc) is 3.09. The van der Waals surface area contributed by atoms with Gasteiger partial charge in [0.25, 0.3) is 5.91 Å². The van der Waals surface area contributed by atoms with E-state index in [0.717, 1.165) is 23.4 Å². The molecule has 0 spiro atoms. The van der Waals surface area contributed by atoms with Crippen LogP contribution in [0.25, 0.3) is 0 Å². The summed E-state index contributed by atoms with van der Waals surface area (Å²) in [7, 11) is 0. The van der Waals surface area contributed by atoms with Crippen molar-refractivity contribution >= 4 is 28.3 Å². The molecule has 0 saturated heterocycles. The minimum Gasteiger partial charge on any atom is -0.340 e. The molecule has 1 unspecified atom stereocenters. The third-order valence-corrected chi connectivity index (χ3v) is 5.56. The lowest BCUT2D eigenvalue weighted by atomic mass is 10.0. The van der Waals surface area contributed by atoms with Gasteiger partial charge in [-0.25, -0.2) is 0 Å². The van der Waals surface area contributed by atoms with Gasteiger partial charge in [-0.2, -0.15) is 0 Å². The summed E-state index contributed by atoms with van der Waals surface area (Å²) in [6.07, 6.45) is 1.97. The molecule has 1 aromatic heterocycles. The van der Waals surface area contributed by atoms with E-state index >= 15 is 0 Å². The summed E-state index contributed by atoms with van der Waals surface area (Å²) in [4.78, 5) is 25.2. The number of nitrogens with one attached hydrogen (secondary N) is 2. The standard InChI is InChI=1S/C20H28N4O2S/c1-6-14(7-2)19-23-24-20(27-19)22-18(26)16(12(3)4)21-17(25)15-10-8-13(5)9-11-15/h8-12,14,16H,6-7H2,1-5H3,(H,21,25)(H,22,24,26). The van der Waals surface area contributed by atoms with E-state index in [1.807, 2.05) is 32.9 Å². The smallest absolute Gasteiger partial charge is 0.251 e. The van der Waals surface area contributed by atoms with Gasteiger partial charge in [0.2, 0.25) is 11.0 Å². The van der Waals surface area contributed by atoms with Gasteiger partial charge >= 0.3 is 0 Å². The van der Waals surface area contributed by atoms with Gasteiger partial charge in [-0.3, -0.25) is 14.9 Å². The Morgan fingerprint density at radius 1 is 1.07 bits per heavy atom. The van der Waals surface area contributed by atoms with E-state index in [9.17, 15) is 9.59 Å². The average molecular weight is 389 g/mol. The van der Waals surface area contributed by atoms with Gasteiger partial charge in [0, 0.05) is 11.5 Å². The number of hydrogen-bond donors (Lipinski definition) is 2. The van der Waals surface area contributed by atoms with Gasteiger partial charge in [0.05, 0.1) is 0 Å². The summed E-state index contributed by atoms with van der Waals surface area (Å²) >= 11 is 1.40. The van der Waals surface area contributed by atoms with Crippen molar-refractivity contribution in [1.29, 1.82) is 0 Å². The van der Waals surface area contributed by atoms with Gasteiger partial charge in [-0.1, -0.05) is 56.7 Å². The molecule has 2 rings (SSSR count). The molecular weight excluding hydrogens is 360 g/mol. The molecule has 0 fully saturated rings. The molecule has 0 bridgehead atoms. The molecule has 1 heterocycles. The number of hydrogen-bond acceptors (Lipinski definition) is 5. The Hall–Kier alpha value is -2.28. The first kappa shape index (κ1) is 21.0. The van der Waals surface area contributed by atoms with E-state index in [2.05, 4.69) is 34.7 Å². The zero-order chi connectivity index (χ0) is 20.0. The molecule has 146 valence electrons. The number of rotatable bonds is 8. The van der Waals surface area contributed by atoms with Crippen LogP contribution in [0.5, 0.6) is 0 Å². The van der Waals surface area contributed by atoms with Crippen LogP contribution in [0.4, 0.5) is 5.13 Å². The minimum absolute atomic E-state index is 0.0641. The van der Waals surface area contributed by atoms with Crippen LogP contribution in [0.3, 0.4) is 0 Å². The molecule has 0 aliphatic rings. The number of carbonyl (C=O) groups excluding carboxylic acids is 2. The highest BCUT2D eigenvalue weighted by atomic mass is 32.1. The summed E-state index contributed by atoms with van der Waals surface area (Å²) in [6, 6.07) is 6.61. The molecule has 1 aromatic carbocycles. The first-order valence-corrected chi connectivity index (χ1v) is 10.2. The van der Waals surface area contributed by atoms with Crippen molar-refractivity contribution in [2.75, 3.05) is 5.32 Å². The fraction of sp³-hybridized carbons (Fsp3) is 0.500. The first-order valence-electron chi connectivity index (χ1n) is 9.37. The summed E-state index contributed by atoms with van der Waals surface area (Å²) in [5, 5.41) is 15.3. The number of amides is 2. The second kappa shape index (κ2) is 9.60. The normalized spacial score (nSPS) is 12.3. The predicted molar refractivity (Wildman–Crippen MR) is 109 cm³/mol. The maximum atomic E-state index is 12.7. The minimum atomic E-state index is -0.653. The van der Waals surface area contributed by atoms with Gasteiger partial charge in [-0.05, 0) is 37.8 Å². The highest BCUT2D eigenvalue weighted by Gasteiger charge is 2.26. The van der Waals surface area contributed by atoms with Crippen molar-refractivity contribution < 1.29 is 9.59 Å². The van der Waals surface area contributed by atoms with Crippen molar-refractivity contribution in [3.05, 3.63) is 40.4 Å². The van der Waals surface area contributed by atoms with Crippen LogP contribution in [0.1, 0.15) is 67.4 Å². The fourth-order valence-corrected chi connectivity index (χ4v) is 3.75. The second-order valence-corrected chi connectivity index (χ2v) is 8.02. The summed E-state index contributed by atoms with van der Waals surface area (Å²) < 4.78 is 0. The van der Waals surface area contributed by atoms with E-state index in [1.165, 1.54) is 11.3 Å². The van der Waals surface area contributed by atoms with E-state index in [4.69, 9.17) is 0 Å². The maximum Gasteiger partial charge on any atom is 0.251 e. The molecule has 0 aliphatic heterocycles. The Balaban J connectivity index is 2.06. The highest BCUT2D eigenvalue weighted by Crippen LogP contribution is 2.28. The summed E-state index contributed by atoms with van der Waals surface area (Å²) in [5.41, 5.74) is 1.61. The lowest BCUT2D eigenvalue weighted by Gasteiger charge is -2.21. The van der Waals surface area contributed by atoms with Crippen molar-refractivity contribution in [1.82, 2.24) is 15.5 Å². The number of aromatic nitrogens is 2. The summed E-state index contributed by atoms with van der Waals surface area (Å²) in [6.45, 7) is 9.99. The topological polar surface area (TPSA) is 84.0 Å². The zero-order valence-electron chi connectivity index (χ0n) is 16.6. The van der Waals surface area contributed by atoms with Crippen molar-refractivity contribution in [3.63, 3.8) is 0 Å². The van der Waals surface area contributed by atoms with E-state index in [1.54, 1.807) is 12.1 Å². The largest absolute Gasteiger partial charge is 0.340 e. The Morgan fingerprint density at radius 3 is 2.26 bits per heavy atom. The van der Waals surface area contributed by atoms with Crippen molar-refractivity contribution in [2.24, 2.45) is 5.92 Å². The SMILES string of the molecule is CCC(CC)c1nnc(NC(=O)C(NC(=O)c2ccc(C)cc2)C(C)C)s1. The monoisotopic (exact) mass is 388 g/mol. The first-order chi connectivity index (χ1) is 12.8. The number of carbonyl (C=O) groups is 2. The molecule has 27 heavy (non-hydrogen) atoms. The molecular formula is C20H28N4O2S. The quantitative estimate of drug-likeness (QED) is 0.712. The number of nitrogens with zero attached hydrogens (tertiary/aromatic N) is 2. The lowest BCUT2D eigenvalue weighted by molar-refractivity contribution is -0.118. The van der Waals surface area contributed by atoms with Crippen molar-refractivity contribution in [2.45, 2.75) is 59.4 Å². The molecule has 7 heteroatoms. The number of aryl methyl sites for hydroxylation is 1. The highest BCUT2D eigenvalue weighted by molar-refractivity contribution is 7.15. The van der Waals surface area contributed by atoms with E-state index < -0.39 is 6.04 Å². The van der Waals surface area contributed by atoms with Gasteiger partial charge in [-0.15, -0.1) is 10.2 Å². The molecule has 2 N–H and O–H groups in total. The molecule has 0 saturated carbocycles. The fourth-order valence-electron chi connectivity index (χ4n) is 2.74. The number of benzene rings is 1. The molecule has 2 aromatic rings. The third kappa shape index (κ3) is 5.60. The van der Waals surface area contributed by atoms with Crippen LogP contribution in [-0.2, 0) is 4.79 Å². The van der Waals surface area contributed by atoms with Crippen LogP contribution in [-0.4, -0.2) is 28.1 Å². The molecule has 2 amide bonds. The third-order valence-electron chi connectivity index (χ3n) is 4.56. The van der Waals surface area contributed by atoms with Crippen LogP contribution < -0.4 is 10.6 Å². The molecule has 1 atom stereocenters. The van der Waals surface area contributed by atoms with Crippen LogP contribution in [0, 0.1) is 12.8 Å². The van der Waals surface area contributed by atoms with Crippen LogP contribution in [0.2, 0.25) is 0 Å². The Bertz CT molecular complexity index is 767. The van der Waals surface area contributed by atoms with E-state index in [-0.39, 0.29) is 17.7 Å². The molecule has 0 aliphatic carbocycles. The Labute approximate surface area is 164 Å². The molecule has 6 nitrogen and oxygen atoms in total. The van der Waals surface area contributed by atoms with Gasteiger partial charge < -0.3 is 5.32 Å². The van der Waals surface area contributed by atoms with Gasteiger partial charge in [0.1, 0.15) is 11.0 Å². The predicted octanol–water partition coefficient (Wildman–Crippen LogP) is 4.14. The number of anilines is 1. The second-order valence-electron chi connectivity index (χ2n) is 7.01. The van der Waals surface area contributed by atoms with Crippen molar-refractivity contribution in [3.8, 4) is 0 Å². The lowest BCUT2D eigenvalue weighted by Crippen LogP contribution is -2.47. The molecule has 0 radical (unpaired) electrons. The summed E-state index contributed by atoms with van der Waals surface area (Å²) in [5.74, 6) is -0.252. The van der Waals surface area contributed by atoms with Crippen LogP contribution in [0.15, 0.2) is 24.3 Å².